The molecule has 2 rings (SSSR count). The van der Waals surface area contributed by atoms with Gasteiger partial charge in [-0.3, -0.25) is 9.69 Å². The van der Waals surface area contributed by atoms with Gasteiger partial charge in [0.15, 0.2) is 0 Å². The van der Waals surface area contributed by atoms with Crippen molar-refractivity contribution in [3.05, 3.63) is 29.8 Å². The smallest absolute Gasteiger partial charge is 0.306 e. The van der Waals surface area contributed by atoms with Gasteiger partial charge in [0.2, 0.25) is 0 Å². The number of nitrogens with zero attached hydrogens (tertiary/aromatic N) is 1. The first-order chi connectivity index (χ1) is 8.65. The van der Waals surface area contributed by atoms with Crippen LogP contribution < -0.4 is 0 Å². The second-order valence-corrected chi connectivity index (χ2v) is 4.45. The van der Waals surface area contributed by atoms with Crippen molar-refractivity contribution in [2.45, 2.75) is 19.1 Å². The zero-order valence-electron chi connectivity index (χ0n) is 10.1. The third-order valence-electron chi connectivity index (χ3n) is 3.01. The Morgan fingerprint density at radius 2 is 2.22 bits per heavy atom. The summed E-state index contributed by atoms with van der Waals surface area (Å²) in [5, 5.41) is 18.4. The number of aromatic hydroxyl groups is 1. The Morgan fingerprint density at radius 3 is 2.94 bits per heavy atom. The Morgan fingerprint density at radius 1 is 1.44 bits per heavy atom. The average molecular weight is 251 g/mol. The van der Waals surface area contributed by atoms with Crippen LogP contribution in [-0.4, -0.2) is 46.9 Å². The van der Waals surface area contributed by atoms with E-state index in [0.29, 0.717) is 19.7 Å². The van der Waals surface area contributed by atoms with Crippen LogP contribution in [0.25, 0.3) is 0 Å². The number of carboxylic acids is 1. The van der Waals surface area contributed by atoms with Crippen LogP contribution in [0.5, 0.6) is 5.75 Å². The van der Waals surface area contributed by atoms with Gasteiger partial charge in [0.25, 0.3) is 0 Å². The van der Waals surface area contributed by atoms with Crippen molar-refractivity contribution in [3.8, 4) is 5.75 Å². The highest BCUT2D eigenvalue weighted by Crippen LogP contribution is 2.19. The lowest BCUT2D eigenvalue weighted by Crippen LogP contribution is -2.42. The molecule has 1 saturated heterocycles. The minimum absolute atomic E-state index is 0.0251. The van der Waals surface area contributed by atoms with E-state index in [1.807, 2.05) is 12.1 Å². The number of carbonyl (C=O) groups is 1. The summed E-state index contributed by atoms with van der Waals surface area (Å²) in [6.07, 6.45) is -0.237. The first kappa shape index (κ1) is 12.9. The molecular formula is C13H17NO4. The molecule has 5 heteroatoms. The van der Waals surface area contributed by atoms with Crippen LogP contribution in [0.4, 0.5) is 0 Å². The molecule has 1 aliphatic heterocycles. The van der Waals surface area contributed by atoms with Crippen LogP contribution in [0, 0.1) is 0 Å². The number of morpholine rings is 1. The Kier molecular flexibility index (Phi) is 4.17. The fourth-order valence-electron chi connectivity index (χ4n) is 2.13. The molecule has 1 aromatic carbocycles. The minimum Gasteiger partial charge on any atom is -0.508 e. The summed E-state index contributed by atoms with van der Waals surface area (Å²) in [6.45, 7) is 2.49. The van der Waals surface area contributed by atoms with Crippen LogP contribution >= 0.6 is 0 Å². The minimum atomic E-state index is -0.843. The van der Waals surface area contributed by atoms with Gasteiger partial charge in [-0.15, -0.1) is 0 Å². The van der Waals surface area contributed by atoms with Crippen molar-refractivity contribution < 1.29 is 19.7 Å². The van der Waals surface area contributed by atoms with Crippen LogP contribution in [0.15, 0.2) is 24.3 Å². The van der Waals surface area contributed by atoms with E-state index in [0.717, 1.165) is 12.1 Å². The number of hydrogen-bond acceptors (Lipinski definition) is 4. The van der Waals surface area contributed by atoms with Gasteiger partial charge in [0, 0.05) is 25.2 Å². The summed E-state index contributed by atoms with van der Waals surface area (Å²) in [6, 6.07) is 7.19. The van der Waals surface area contributed by atoms with E-state index in [9.17, 15) is 9.90 Å². The van der Waals surface area contributed by atoms with Crippen molar-refractivity contribution in [1.82, 2.24) is 4.90 Å². The summed E-state index contributed by atoms with van der Waals surface area (Å²) in [7, 11) is 0. The summed E-state index contributed by atoms with van der Waals surface area (Å²) in [5.41, 5.74) is 0.855. The molecule has 0 amide bonds. The highest BCUT2D eigenvalue weighted by Gasteiger charge is 2.23. The van der Waals surface area contributed by atoms with Gasteiger partial charge in [-0.05, 0) is 6.07 Å². The maximum Gasteiger partial charge on any atom is 0.306 e. The predicted octanol–water partition coefficient (Wildman–Crippen LogP) is 1.07. The van der Waals surface area contributed by atoms with Crippen molar-refractivity contribution in [2.75, 3.05) is 19.7 Å². The molecule has 1 aliphatic rings. The van der Waals surface area contributed by atoms with E-state index in [4.69, 9.17) is 9.84 Å². The van der Waals surface area contributed by atoms with E-state index in [2.05, 4.69) is 4.90 Å². The maximum atomic E-state index is 10.6. The number of carboxylic acid groups (broad SMARTS) is 1. The zero-order chi connectivity index (χ0) is 13.0. The van der Waals surface area contributed by atoms with Crippen LogP contribution in [0.1, 0.15) is 12.0 Å². The quantitative estimate of drug-likeness (QED) is 0.837. The number of phenols is 1. The highest BCUT2D eigenvalue weighted by atomic mass is 16.5. The summed E-state index contributed by atoms with van der Waals surface area (Å²) in [5.74, 6) is -0.566. The fraction of sp³-hybridized carbons (Fsp3) is 0.462. The summed E-state index contributed by atoms with van der Waals surface area (Å²) >= 11 is 0. The number of ether oxygens (including phenoxy) is 1. The molecule has 1 atom stereocenters. The van der Waals surface area contributed by atoms with E-state index < -0.39 is 5.97 Å². The lowest BCUT2D eigenvalue weighted by molar-refractivity contribution is -0.142. The molecule has 1 heterocycles. The van der Waals surface area contributed by atoms with E-state index in [1.165, 1.54) is 0 Å². The Labute approximate surface area is 106 Å². The average Bonchev–Trinajstić information content (AvgIpc) is 2.32. The van der Waals surface area contributed by atoms with Gasteiger partial charge in [0.1, 0.15) is 5.75 Å². The van der Waals surface area contributed by atoms with Crippen LogP contribution in [0.2, 0.25) is 0 Å². The van der Waals surface area contributed by atoms with Crippen LogP contribution in [0.3, 0.4) is 0 Å². The number of para-hydroxylation sites is 1. The number of hydrogen-bond donors (Lipinski definition) is 2. The number of phenolic OH excluding ortho intramolecular Hbond substituents is 1. The Hall–Kier alpha value is -1.59. The monoisotopic (exact) mass is 251 g/mol. The molecule has 0 aromatic heterocycles. The molecule has 1 fully saturated rings. The van der Waals surface area contributed by atoms with Gasteiger partial charge in [-0.1, -0.05) is 18.2 Å². The van der Waals surface area contributed by atoms with E-state index in [1.54, 1.807) is 12.1 Å². The molecular weight excluding hydrogens is 234 g/mol. The second kappa shape index (κ2) is 5.84. The third kappa shape index (κ3) is 3.45. The van der Waals surface area contributed by atoms with E-state index in [-0.39, 0.29) is 18.3 Å². The largest absolute Gasteiger partial charge is 0.508 e. The summed E-state index contributed by atoms with van der Waals surface area (Å²) in [4.78, 5) is 12.8. The standard InChI is InChI=1S/C13H17NO4/c15-12-4-2-1-3-10(12)8-14-5-6-18-11(9-14)7-13(16)17/h1-4,11,15H,5-9H2,(H,16,17). The van der Waals surface area contributed by atoms with Crippen molar-refractivity contribution in [3.63, 3.8) is 0 Å². The third-order valence-corrected chi connectivity index (χ3v) is 3.01. The first-order valence-corrected chi connectivity index (χ1v) is 5.98. The predicted molar refractivity (Wildman–Crippen MR) is 65.4 cm³/mol. The normalized spacial score (nSPS) is 20.8. The molecule has 1 aromatic rings. The molecule has 0 bridgehead atoms. The molecule has 0 spiro atoms. The van der Waals surface area contributed by atoms with Gasteiger partial charge in [0.05, 0.1) is 19.1 Å². The molecule has 5 nitrogen and oxygen atoms in total. The van der Waals surface area contributed by atoms with Gasteiger partial charge >= 0.3 is 5.97 Å². The Balaban J connectivity index is 1.93. The fourth-order valence-corrected chi connectivity index (χ4v) is 2.13. The number of benzene rings is 1. The van der Waals surface area contributed by atoms with Crippen molar-refractivity contribution in [1.29, 1.82) is 0 Å². The topological polar surface area (TPSA) is 70.0 Å². The second-order valence-electron chi connectivity index (χ2n) is 4.45. The lowest BCUT2D eigenvalue weighted by atomic mass is 10.1. The van der Waals surface area contributed by atoms with Crippen LogP contribution in [-0.2, 0) is 16.1 Å². The molecule has 98 valence electrons. The summed E-state index contributed by atoms with van der Waals surface area (Å²) < 4.78 is 5.40. The number of rotatable bonds is 4. The van der Waals surface area contributed by atoms with Crippen molar-refractivity contribution >= 4 is 5.97 Å². The number of aliphatic carboxylic acids is 1. The Bertz CT molecular complexity index is 421. The highest BCUT2D eigenvalue weighted by molar-refractivity contribution is 5.67. The molecule has 1 unspecified atom stereocenters. The molecule has 0 radical (unpaired) electrons. The van der Waals surface area contributed by atoms with Crippen molar-refractivity contribution in [2.24, 2.45) is 0 Å². The maximum absolute atomic E-state index is 10.6. The van der Waals surface area contributed by atoms with Gasteiger partial charge in [-0.25, -0.2) is 0 Å². The molecule has 18 heavy (non-hydrogen) atoms. The zero-order valence-corrected chi connectivity index (χ0v) is 10.1. The van der Waals surface area contributed by atoms with Gasteiger partial charge < -0.3 is 14.9 Å². The first-order valence-electron chi connectivity index (χ1n) is 5.98. The molecule has 0 aliphatic carbocycles. The van der Waals surface area contributed by atoms with E-state index >= 15 is 0 Å². The van der Waals surface area contributed by atoms with Gasteiger partial charge in [-0.2, -0.15) is 0 Å². The SMILES string of the molecule is O=C(O)CC1CN(Cc2ccccc2O)CCO1. The molecule has 2 N–H and O–H groups in total. The lowest BCUT2D eigenvalue weighted by Gasteiger charge is -2.32. The molecule has 0 saturated carbocycles.